The van der Waals surface area contributed by atoms with E-state index in [1.165, 1.54) is 0 Å². The molecule has 194 valence electrons. The fourth-order valence-electron chi connectivity index (χ4n) is 3.77. The highest BCUT2D eigenvalue weighted by atomic mass is 35.5. The molecule has 0 aliphatic carbocycles. The number of nitrogens with one attached hydrogen (secondary N) is 1. The number of benzene rings is 3. The number of ketones is 1. The number of thioether (sulfide) groups is 1. The van der Waals surface area contributed by atoms with E-state index < -0.39 is 11.1 Å². The lowest BCUT2D eigenvalue weighted by Crippen LogP contribution is -2.33. The minimum absolute atomic E-state index is 0.160. The number of anilines is 1. The summed E-state index contributed by atoms with van der Waals surface area (Å²) in [6, 6.07) is 20.7. The molecule has 38 heavy (non-hydrogen) atoms. The molecular weight excluding hydrogens is 524 g/mol. The van der Waals surface area contributed by atoms with Crippen LogP contribution < -0.4 is 10.1 Å². The predicted octanol–water partition coefficient (Wildman–Crippen LogP) is 6.40. The van der Waals surface area contributed by atoms with Gasteiger partial charge in [-0.2, -0.15) is 0 Å². The maximum absolute atomic E-state index is 12.8. The van der Waals surface area contributed by atoms with Gasteiger partial charge in [0.1, 0.15) is 5.75 Å². The second-order valence-electron chi connectivity index (χ2n) is 8.85. The van der Waals surface area contributed by atoms with Gasteiger partial charge in [0.2, 0.25) is 0 Å². The first-order valence-electron chi connectivity index (χ1n) is 11.9. The number of carbonyl (C=O) groups is 4. The van der Waals surface area contributed by atoms with Crippen LogP contribution in [-0.2, 0) is 9.59 Å². The van der Waals surface area contributed by atoms with Crippen molar-refractivity contribution in [1.82, 2.24) is 4.90 Å². The molecule has 0 bridgehead atoms. The summed E-state index contributed by atoms with van der Waals surface area (Å²) in [7, 11) is 0. The molecule has 1 saturated heterocycles. The summed E-state index contributed by atoms with van der Waals surface area (Å²) in [5.41, 5.74) is 2.84. The molecule has 1 fully saturated rings. The number of carbonyl (C=O) groups excluding carboxylic acids is 4. The number of para-hydroxylation sites is 1. The zero-order chi connectivity index (χ0) is 27.2. The Kier molecular flexibility index (Phi) is 8.66. The van der Waals surface area contributed by atoms with Crippen molar-refractivity contribution in [2.45, 2.75) is 19.8 Å². The first kappa shape index (κ1) is 27.2. The third kappa shape index (κ3) is 6.70. The number of nitrogens with zero attached hydrogens (tertiary/aromatic N) is 1. The summed E-state index contributed by atoms with van der Waals surface area (Å²) < 4.78 is 5.60. The molecule has 0 saturated carbocycles. The van der Waals surface area contributed by atoms with Crippen molar-refractivity contribution >= 4 is 58.0 Å². The number of ether oxygens (including phenoxy) is 1. The summed E-state index contributed by atoms with van der Waals surface area (Å²) in [5.74, 6) is -0.408. The molecule has 9 heteroatoms. The smallest absolute Gasteiger partial charge is 0.293 e. The van der Waals surface area contributed by atoms with Gasteiger partial charge in [-0.25, -0.2) is 0 Å². The molecular formula is C29H25ClN2O5S. The normalized spacial score (nSPS) is 14.3. The van der Waals surface area contributed by atoms with E-state index in [0.717, 1.165) is 27.9 Å². The fourth-order valence-corrected chi connectivity index (χ4v) is 4.73. The molecule has 3 aromatic rings. The Hall–Kier alpha value is -3.88. The molecule has 3 amide bonds. The van der Waals surface area contributed by atoms with Gasteiger partial charge in [0.15, 0.2) is 12.4 Å². The van der Waals surface area contributed by atoms with Gasteiger partial charge in [-0.3, -0.25) is 24.1 Å². The molecule has 3 aromatic carbocycles. The first-order valence-corrected chi connectivity index (χ1v) is 13.1. The minimum Gasteiger partial charge on any atom is -0.484 e. The van der Waals surface area contributed by atoms with E-state index >= 15 is 0 Å². The molecule has 1 aliphatic heterocycles. The predicted molar refractivity (Wildman–Crippen MR) is 150 cm³/mol. The van der Waals surface area contributed by atoms with Crippen molar-refractivity contribution < 1.29 is 23.9 Å². The summed E-state index contributed by atoms with van der Waals surface area (Å²) in [6.45, 7) is 3.61. The molecule has 0 unspecified atom stereocenters. The molecule has 0 spiro atoms. The largest absolute Gasteiger partial charge is 0.484 e. The maximum Gasteiger partial charge on any atom is 0.293 e. The lowest BCUT2D eigenvalue weighted by atomic mass is 10.0. The van der Waals surface area contributed by atoms with E-state index in [1.54, 1.807) is 54.6 Å². The molecule has 0 aromatic heterocycles. The molecule has 1 N–H and O–H groups in total. The Labute approximate surface area is 229 Å². The highest BCUT2D eigenvalue weighted by Crippen LogP contribution is 2.32. The molecule has 7 nitrogen and oxygen atoms in total. The first-order chi connectivity index (χ1) is 18.2. The van der Waals surface area contributed by atoms with Crippen LogP contribution in [0.3, 0.4) is 0 Å². The van der Waals surface area contributed by atoms with Crippen molar-refractivity contribution in [2.75, 3.05) is 18.5 Å². The van der Waals surface area contributed by atoms with Crippen molar-refractivity contribution in [3.8, 4) is 5.75 Å². The summed E-state index contributed by atoms with van der Waals surface area (Å²) >= 11 is 6.63. The van der Waals surface area contributed by atoms with Gasteiger partial charge in [0, 0.05) is 16.3 Å². The lowest BCUT2D eigenvalue weighted by Gasteiger charge is -2.14. The maximum atomic E-state index is 12.8. The van der Waals surface area contributed by atoms with Crippen LogP contribution >= 0.6 is 23.4 Å². The highest BCUT2D eigenvalue weighted by Gasteiger charge is 2.36. The van der Waals surface area contributed by atoms with E-state index in [0.29, 0.717) is 21.9 Å². The van der Waals surface area contributed by atoms with Crippen LogP contribution in [0.4, 0.5) is 10.5 Å². The van der Waals surface area contributed by atoms with Crippen LogP contribution in [-0.4, -0.2) is 40.9 Å². The van der Waals surface area contributed by atoms with Crippen LogP contribution in [0, 0.1) is 0 Å². The van der Waals surface area contributed by atoms with Crippen LogP contribution in [0.5, 0.6) is 5.75 Å². The number of hydrogen-bond acceptors (Lipinski definition) is 6. The third-order valence-electron chi connectivity index (χ3n) is 5.75. The second kappa shape index (κ2) is 12.1. The molecule has 1 aliphatic rings. The Morgan fingerprint density at radius 1 is 1.00 bits per heavy atom. The average molecular weight is 549 g/mol. The summed E-state index contributed by atoms with van der Waals surface area (Å²) in [4.78, 5) is 51.2. The number of imide groups is 1. The highest BCUT2D eigenvalue weighted by molar-refractivity contribution is 8.18. The Bertz CT molecular complexity index is 1400. The Morgan fingerprint density at radius 2 is 1.68 bits per heavy atom. The third-order valence-corrected chi connectivity index (χ3v) is 6.91. The Morgan fingerprint density at radius 3 is 2.37 bits per heavy atom. The minimum atomic E-state index is -0.527. The number of hydrogen-bond donors (Lipinski definition) is 1. The number of halogens is 1. The van der Waals surface area contributed by atoms with Gasteiger partial charge >= 0.3 is 0 Å². The van der Waals surface area contributed by atoms with E-state index in [4.69, 9.17) is 16.3 Å². The zero-order valence-electron chi connectivity index (χ0n) is 20.8. The van der Waals surface area contributed by atoms with E-state index in [2.05, 4.69) is 19.2 Å². The summed E-state index contributed by atoms with van der Waals surface area (Å²) in [5, 5.41) is 2.86. The second-order valence-corrected chi connectivity index (χ2v) is 10.3. The molecule has 0 radical (unpaired) electrons. The van der Waals surface area contributed by atoms with E-state index in [9.17, 15) is 19.2 Å². The van der Waals surface area contributed by atoms with Gasteiger partial charge in [0.25, 0.3) is 17.1 Å². The number of amides is 3. The molecule has 1 heterocycles. The van der Waals surface area contributed by atoms with E-state index in [1.807, 2.05) is 24.3 Å². The van der Waals surface area contributed by atoms with Crippen molar-refractivity contribution in [1.29, 1.82) is 0 Å². The summed E-state index contributed by atoms with van der Waals surface area (Å²) in [6.07, 6.45) is 1.58. The monoisotopic (exact) mass is 548 g/mol. The van der Waals surface area contributed by atoms with Gasteiger partial charge in [-0.05, 0) is 77.3 Å². The SMILES string of the molecule is CC(C)c1ccccc1NC(=O)COc1ccc(/C=C2/SC(=O)N(CC(=O)c3ccc(Cl)cc3)C2=O)cc1. The lowest BCUT2D eigenvalue weighted by molar-refractivity contribution is -0.122. The van der Waals surface area contributed by atoms with Crippen LogP contribution in [0.1, 0.15) is 41.3 Å². The number of Topliss-reactive ketones (excluding diaryl/α,β-unsaturated/α-hetero) is 1. The number of rotatable bonds is 9. The zero-order valence-corrected chi connectivity index (χ0v) is 22.3. The van der Waals surface area contributed by atoms with E-state index in [-0.39, 0.29) is 35.7 Å². The Balaban J connectivity index is 1.33. The van der Waals surface area contributed by atoms with Crippen molar-refractivity contribution in [3.05, 3.63) is 99.4 Å². The quantitative estimate of drug-likeness (QED) is 0.246. The van der Waals surface area contributed by atoms with Crippen LogP contribution in [0.2, 0.25) is 5.02 Å². The standard InChI is InChI=1S/C29H25ClN2O5S/c1-18(2)23-5-3-4-6-24(23)31-27(34)17-37-22-13-7-19(8-14-22)15-26-28(35)32(29(36)38-26)16-25(33)20-9-11-21(30)12-10-20/h3-15,18H,16-17H2,1-2H3,(H,31,34)/b26-15+. The van der Waals surface area contributed by atoms with Gasteiger partial charge in [-0.1, -0.05) is 55.8 Å². The fraction of sp³-hybridized carbons (Fsp3) is 0.172. The average Bonchev–Trinajstić information content (AvgIpc) is 3.16. The van der Waals surface area contributed by atoms with Crippen molar-refractivity contribution in [2.24, 2.45) is 0 Å². The molecule has 0 atom stereocenters. The van der Waals surface area contributed by atoms with Gasteiger partial charge in [0.05, 0.1) is 11.4 Å². The van der Waals surface area contributed by atoms with Crippen molar-refractivity contribution in [3.63, 3.8) is 0 Å². The van der Waals surface area contributed by atoms with Crippen LogP contribution in [0.25, 0.3) is 6.08 Å². The van der Waals surface area contributed by atoms with Crippen LogP contribution in [0.15, 0.2) is 77.7 Å². The van der Waals surface area contributed by atoms with Gasteiger partial charge in [-0.15, -0.1) is 0 Å². The topological polar surface area (TPSA) is 92.8 Å². The van der Waals surface area contributed by atoms with Gasteiger partial charge < -0.3 is 10.1 Å². The molecule has 4 rings (SSSR count).